The summed E-state index contributed by atoms with van der Waals surface area (Å²) in [6.07, 6.45) is 4.10. The van der Waals surface area contributed by atoms with Crippen LogP contribution in [0.25, 0.3) is 0 Å². The molecule has 1 aliphatic rings. The average Bonchev–Trinajstić information content (AvgIpc) is 2.87. The van der Waals surface area contributed by atoms with Gasteiger partial charge in [-0.2, -0.15) is 0 Å². The maximum atomic E-state index is 11.7. The Labute approximate surface area is 113 Å². The molecule has 0 saturated carbocycles. The Balaban J connectivity index is 2.36. The second-order valence-electron chi connectivity index (χ2n) is 4.99. The van der Waals surface area contributed by atoms with Gasteiger partial charge in [0.2, 0.25) is 0 Å². The number of carboxylic acid groups (broad SMARTS) is 1. The molecule has 1 aliphatic heterocycles. The van der Waals surface area contributed by atoms with E-state index >= 15 is 0 Å². The Kier molecular flexibility index (Phi) is 6.62. The molecular formula is C13H24N2O4. The first-order valence-electron chi connectivity index (χ1n) is 6.96. The van der Waals surface area contributed by atoms with Crippen LogP contribution in [0.5, 0.6) is 0 Å². The summed E-state index contributed by atoms with van der Waals surface area (Å²) in [6, 6.07) is -1.37. The van der Waals surface area contributed by atoms with Crippen LogP contribution in [0.3, 0.4) is 0 Å². The Morgan fingerprint density at radius 2 is 2.16 bits per heavy atom. The number of aliphatic carboxylic acids is 1. The van der Waals surface area contributed by atoms with E-state index in [1.54, 1.807) is 0 Å². The molecule has 2 amide bonds. The van der Waals surface area contributed by atoms with E-state index in [1.807, 2.05) is 13.8 Å². The predicted octanol–water partition coefficient (Wildman–Crippen LogP) is 1.50. The first-order valence-corrected chi connectivity index (χ1v) is 6.96. The molecule has 0 aromatic heterocycles. The van der Waals surface area contributed by atoms with Crippen molar-refractivity contribution >= 4 is 12.0 Å². The van der Waals surface area contributed by atoms with Gasteiger partial charge in [0.1, 0.15) is 6.04 Å². The molecule has 3 atom stereocenters. The summed E-state index contributed by atoms with van der Waals surface area (Å²) >= 11 is 0. The quantitative estimate of drug-likeness (QED) is 0.655. The van der Waals surface area contributed by atoms with E-state index in [4.69, 9.17) is 9.84 Å². The van der Waals surface area contributed by atoms with E-state index in [2.05, 4.69) is 10.6 Å². The summed E-state index contributed by atoms with van der Waals surface area (Å²) in [5.41, 5.74) is 0. The largest absolute Gasteiger partial charge is 0.480 e. The van der Waals surface area contributed by atoms with Gasteiger partial charge in [-0.3, -0.25) is 0 Å². The van der Waals surface area contributed by atoms with Crippen LogP contribution in [-0.2, 0) is 9.53 Å². The number of hydrogen-bond donors (Lipinski definition) is 3. The van der Waals surface area contributed by atoms with E-state index < -0.39 is 18.0 Å². The van der Waals surface area contributed by atoms with Crippen molar-refractivity contribution in [2.75, 3.05) is 6.61 Å². The van der Waals surface area contributed by atoms with Crippen LogP contribution in [0.1, 0.15) is 46.0 Å². The zero-order valence-corrected chi connectivity index (χ0v) is 11.6. The summed E-state index contributed by atoms with van der Waals surface area (Å²) in [5, 5.41) is 14.3. The second-order valence-corrected chi connectivity index (χ2v) is 4.99. The van der Waals surface area contributed by atoms with Gasteiger partial charge in [0.05, 0.1) is 12.1 Å². The molecular weight excluding hydrogens is 248 g/mol. The highest BCUT2D eigenvalue weighted by molar-refractivity contribution is 5.82. The number of nitrogens with one attached hydrogen (secondary N) is 2. The summed E-state index contributed by atoms with van der Waals surface area (Å²) < 4.78 is 5.47. The molecule has 1 heterocycles. The lowest BCUT2D eigenvalue weighted by Gasteiger charge is -2.22. The molecule has 19 heavy (non-hydrogen) atoms. The molecule has 110 valence electrons. The molecule has 1 fully saturated rings. The smallest absolute Gasteiger partial charge is 0.326 e. The lowest BCUT2D eigenvalue weighted by Crippen LogP contribution is -2.50. The van der Waals surface area contributed by atoms with Gasteiger partial charge in [-0.25, -0.2) is 9.59 Å². The van der Waals surface area contributed by atoms with Gasteiger partial charge >= 0.3 is 12.0 Å². The van der Waals surface area contributed by atoms with Crippen molar-refractivity contribution in [1.29, 1.82) is 0 Å². The van der Waals surface area contributed by atoms with Crippen LogP contribution in [0.4, 0.5) is 4.79 Å². The van der Waals surface area contributed by atoms with Crippen molar-refractivity contribution in [2.24, 2.45) is 0 Å². The topological polar surface area (TPSA) is 87.7 Å². The Hall–Kier alpha value is -1.30. The summed E-state index contributed by atoms with van der Waals surface area (Å²) in [6.45, 7) is 4.59. The van der Waals surface area contributed by atoms with Crippen LogP contribution < -0.4 is 10.6 Å². The zero-order valence-electron chi connectivity index (χ0n) is 11.6. The third-order valence-electron chi connectivity index (χ3n) is 3.33. The molecule has 0 aromatic rings. The summed E-state index contributed by atoms with van der Waals surface area (Å²) in [4.78, 5) is 22.8. The van der Waals surface area contributed by atoms with Gasteiger partial charge in [0.15, 0.2) is 0 Å². The minimum Gasteiger partial charge on any atom is -0.480 e. The van der Waals surface area contributed by atoms with Crippen molar-refractivity contribution in [3.8, 4) is 0 Å². The van der Waals surface area contributed by atoms with Gasteiger partial charge in [-0.15, -0.1) is 0 Å². The van der Waals surface area contributed by atoms with Crippen molar-refractivity contribution < 1.29 is 19.4 Å². The van der Waals surface area contributed by atoms with Gasteiger partial charge in [-0.1, -0.05) is 19.8 Å². The fraction of sp³-hybridized carbons (Fsp3) is 0.846. The second kappa shape index (κ2) is 7.99. The predicted molar refractivity (Wildman–Crippen MR) is 71.1 cm³/mol. The monoisotopic (exact) mass is 272 g/mol. The molecule has 6 heteroatoms. The average molecular weight is 272 g/mol. The summed E-state index contributed by atoms with van der Waals surface area (Å²) in [5.74, 6) is -0.992. The molecule has 3 N–H and O–H groups in total. The highest BCUT2D eigenvalue weighted by Crippen LogP contribution is 2.15. The first kappa shape index (κ1) is 15.8. The maximum absolute atomic E-state index is 11.7. The number of carbonyl (C=O) groups excluding carboxylic acids is 1. The van der Waals surface area contributed by atoms with Crippen LogP contribution in [0.15, 0.2) is 0 Å². The molecule has 0 radical (unpaired) electrons. The maximum Gasteiger partial charge on any atom is 0.326 e. The van der Waals surface area contributed by atoms with E-state index in [9.17, 15) is 9.59 Å². The standard InChI is InChI=1S/C13H24N2O4/c1-3-4-6-10(12(16)17)15-13(18)14-9(2)11-7-5-8-19-11/h9-11H,3-8H2,1-2H3,(H,16,17)(H2,14,15,18). The number of unbranched alkanes of at least 4 members (excludes halogenated alkanes) is 1. The van der Waals surface area contributed by atoms with Crippen LogP contribution in [0, 0.1) is 0 Å². The molecule has 0 bridgehead atoms. The number of carbonyl (C=O) groups is 2. The van der Waals surface area contributed by atoms with Crippen LogP contribution in [-0.4, -0.2) is 41.9 Å². The molecule has 0 spiro atoms. The van der Waals surface area contributed by atoms with Gasteiger partial charge in [0.25, 0.3) is 0 Å². The lowest BCUT2D eigenvalue weighted by molar-refractivity contribution is -0.139. The third kappa shape index (κ3) is 5.46. The number of amides is 2. The molecule has 3 unspecified atom stereocenters. The number of hydrogen-bond acceptors (Lipinski definition) is 3. The van der Waals surface area contributed by atoms with Crippen molar-refractivity contribution in [2.45, 2.75) is 64.1 Å². The number of rotatable bonds is 7. The molecule has 6 nitrogen and oxygen atoms in total. The zero-order chi connectivity index (χ0) is 14.3. The van der Waals surface area contributed by atoms with Gasteiger partial charge in [-0.05, 0) is 26.2 Å². The van der Waals surface area contributed by atoms with Crippen molar-refractivity contribution in [1.82, 2.24) is 10.6 Å². The molecule has 0 aliphatic carbocycles. The first-order chi connectivity index (χ1) is 9.04. The summed E-state index contributed by atoms with van der Waals surface area (Å²) in [7, 11) is 0. The highest BCUT2D eigenvalue weighted by atomic mass is 16.5. The number of ether oxygens (including phenoxy) is 1. The Bertz CT molecular complexity index is 303. The molecule has 1 saturated heterocycles. The fourth-order valence-electron chi connectivity index (χ4n) is 2.16. The Morgan fingerprint density at radius 3 is 2.68 bits per heavy atom. The minimum atomic E-state index is -0.992. The molecule has 0 aromatic carbocycles. The third-order valence-corrected chi connectivity index (χ3v) is 3.33. The van der Waals surface area contributed by atoms with E-state index in [1.165, 1.54) is 0 Å². The number of urea groups is 1. The fourth-order valence-corrected chi connectivity index (χ4v) is 2.16. The van der Waals surface area contributed by atoms with E-state index in [0.29, 0.717) is 6.42 Å². The van der Waals surface area contributed by atoms with Gasteiger partial charge < -0.3 is 20.5 Å². The van der Waals surface area contributed by atoms with Crippen LogP contribution in [0.2, 0.25) is 0 Å². The van der Waals surface area contributed by atoms with Crippen molar-refractivity contribution in [3.05, 3.63) is 0 Å². The SMILES string of the molecule is CCCCC(NC(=O)NC(C)C1CCCO1)C(=O)O. The van der Waals surface area contributed by atoms with E-state index in [0.717, 1.165) is 32.3 Å². The molecule has 1 rings (SSSR count). The van der Waals surface area contributed by atoms with E-state index in [-0.39, 0.29) is 12.1 Å². The lowest BCUT2D eigenvalue weighted by atomic mass is 10.1. The normalized spacial score (nSPS) is 21.7. The minimum absolute atomic E-state index is 0.0321. The van der Waals surface area contributed by atoms with Gasteiger partial charge in [0, 0.05) is 6.61 Å². The number of carboxylic acids is 1. The van der Waals surface area contributed by atoms with Crippen molar-refractivity contribution in [3.63, 3.8) is 0 Å². The Morgan fingerprint density at radius 1 is 1.42 bits per heavy atom. The highest BCUT2D eigenvalue weighted by Gasteiger charge is 2.25. The van der Waals surface area contributed by atoms with Crippen LogP contribution >= 0.6 is 0 Å².